The third kappa shape index (κ3) is 2.80. The number of aromatic amines is 1. The van der Waals surface area contributed by atoms with Gasteiger partial charge in [0.15, 0.2) is 0 Å². The highest BCUT2D eigenvalue weighted by molar-refractivity contribution is 7.16. The van der Waals surface area contributed by atoms with Crippen molar-refractivity contribution in [2.24, 2.45) is 0 Å². The zero-order valence-electron chi connectivity index (χ0n) is 13.0. The number of nitrogens with zero attached hydrogens (tertiary/aromatic N) is 3. The Bertz CT molecular complexity index is 901. The molecule has 1 aromatic carbocycles. The van der Waals surface area contributed by atoms with Crippen LogP contribution in [0.4, 0.5) is 0 Å². The van der Waals surface area contributed by atoms with Crippen molar-refractivity contribution in [3.05, 3.63) is 57.2 Å². The molecule has 2 aromatic heterocycles. The maximum atomic E-state index is 11.5. The van der Waals surface area contributed by atoms with Gasteiger partial charge in [0.2, 0.25) is 0 Å². The van der Waals surface area contributed by atoms with Crippen molar-refractivity contribution in [1.29, 1.82) is 0 Å². The van der Waals surface area contributed by atoms with Gasteiger partial charge < -0.3 is 4.98 Å². The molecule has 3 heterocycles. The van der Waals surface area contributed by atoms with Crippen molar-refractivity contribution in [1.82, 2.24) is 19.9 Å². The Morgan fingerprint density at radius 1 is 1.26 bits per heavy atom. The average molecular weight is 326 g/mol. The van der Waals surface area contributed by atoms with E-state index < -0.39 is 0 Å². The molecule has 0 spiro atoms. The molecule has 0 bridgehead atoms. The van der Waals surface area contributed by atoms with Crippen LogP contribution < -0.4 is 5.56 Å². The molecule has 0 fully saturated rings. The number of nitrogens with one attached hydrogen (secondary N) is 1. The van der Waals surface area contributed by atoms with Crippen LogP contribution in [0.25, 0.3) is 10.2 Å². The fourth-order valence-corrected chi connectivity index (χ4v) is 3.90. The normalized spacial score (nSPS) is 16.9. The van der Waals surface area contributed by atoms with Crippen LogP contribution in [0.1, 0.15) is 29.9 Å². The molecule has 0 aliphatic carbocycles. The number of hydrogen-bond acceptors (Lipinski definition) is 5. The topological polar surface area (TPSA) is 61.9 Å². The van der Waals surface area contributed by atoms with E-state index in [-0.39, 0.29) is 5.56 Å². The van der Waals surface area contributed by atoms with E-state index in [4.69, 9.17) is 0 Å². The van der Waals surface area contributed by atoms with Crippen LogP contribution in [0.2, 0.25) is 0 Å². The maximum Gasteiger partial charge on any atom is 0.266 e. The molecule has 0 unspecified atom stereocenters. The largest absolute Gasteiger partial charge is 0.323 e. The first kappa shape index (κ1) is 14.5. The van der Waals surface area contributed by atoms with Crippen LogP contribution in [-0.2, 0) is 12.8 Å². The number of H-pyrrole nitrogens is 1. The average Bonchev–Trinajstić information content (AvgIpc) is 2.93. The van der Waals surface area contributed by atoms with Gasteiger partial charge in [-0.25, -0.2) is 4.98 Å². The van der Waals surface area contributed by atoms with E-state index in [0.29, 0.717) is 6.04 Å². The lowest BCUT2D eigenvalue weighted by Crippen LogP contribution is -2.29. The predicted octanol–water partition coefficient (Wildman–Crippen LogP) is 2.54. The number of fused-ring (bicyclic) bond motifs is 2. The first-order valence-corrected chi connectivity index (χ1v) is 8.73. The number of benzene rings is 1. The van der Waals surface area contributed by atoms with Crippen molar-refractivity contribution < 1.29 is 0 Å². The minimum Gasteiger partial charge on any atom is -0.323 e. The molecule has 0 saturated heterocycles. The van der Waals surface area contributed by atoms with Gasteiger partial charge in [0.25, 0.3) is 5.56 Å². The standard InChI is InChI=1S/C17H18N4OS/c1-11(12-2-3-16-15(8-12)19-10-23-16)21-6-4-13-14(5-7-21)20-17(22)9-18-13/h2-3,8-11H,4-7H2,1H3,(H,20,22)/t11-/m0/s1. The summed E-state index contributed by atoms with van der Waals surface area (Å²) in [6, 6.07) is 6.87. The quantitative estimate of drug-likeness (QED) is 0.786. The van der Waals surface area contributed by atoms with Crippen molar-refractivity contribution in [2.75, 3.05) is 13.1 Å². The lowest BCUT2D eigenvalue weighted by molar-refractivity contribution is 0.220. The Balaban J connectivity index is 1.57. The fraction of sp³-hybridized carbons (Fsp3) is 0.353. The number of thiazole rings is 1. The van der Waals surface area contributed by atoms with Crippen LogP contribution in [0.15, 0.2) is 34.7 Å². The van der Waals surface area contributed by atoms with Crippen molar-refractivity contribution in [2.45, 2.75) is 25.8 Å². The minimum absolute atomic E-state index is 0.112. The number of hydrogen-bond donors (Lipinski definition) is 1. The highest BCUT2D eigenvalue weighted by Gasteiger charge is 2.21. The lowest BCUT2D eigenvalue weighted by Gasteiger charge is -2.27. The summed E-state index contributed by atoms with van der Waals surface area (Å²) in [6.45, 7) is 4.10. The zero-order chi connectivity index (χ0) is 15.8. The third-order valence-corrected chi connectivity index (χ3v) is 5.44. The van der Waals surface area contributed by atoms with Crippen LogP contribution in [0.3, 0.4) is 0 Å². The number of rotatable bonds is 2. The predicted molar refractivity (Wildman–Crippen MR) is 91.9 cm³/mol. The Kier molecular flexibility index (Phi) is 3.71. The van der Waals surface area contributed by atoms with Gasteiger partial charge in [0.1, 0.15) is 0 Å². The second kappa shape index (κ2) is 5.86. The van der Waals surface area contributed by atoms with E-state index in [1.807, 2.05) is 5.51 Å². The first-order valence-electron chi connectivity index (χ1n) is 7.85. The molecule has 0 saturated carbocycles. The smallest absolute Gasteiger partial charge is 0.266 e. The maximum absolute atomic E-state index is 11.5. The summed E-state index contributed by atoms with van der Waals surface area (Å²) in [5.74, 6) is 0. The van der Waals surface area contributed by atoms with E-state index in [0.717, 1.165) is 42.8 Å². The van der Waals surface area contributed by atoms with E-state index in [2.05, 4.69) is 45.0 Å². The highest BCUT2D eigenvalue weighted by Crippen LogP contribution is 2.27. The monoisotopic (exact) mass is 326 g/mol. The number of aromatic nitrogens is 3. The van der Waals surface area contributed by atoms with Gasteiger partial charge in [0, 0.05) is 37.7 Å². The van der Waals surface area contributed by atoms with Gasteiger partial charge in [-0.05, 0) is 24.6 Å². The van der Waals surface area contributed by atoms with Crippen molar-refractivity contribution >= 4 is 21.6 Å². The first-order chi connectivity index (χ1) is 11.2. The van der Waals surface area contributed by atoms with Gasteiger partial charge in [0.05, 0.1) is 27.6 Å². The molecule has 118 valence electrons. The highest BCUT2D eigenvalue weighted by atomic mass is 32.1. The third-order valence-electron chi connectivity index (χ3n) is 4.63. The van der Waals surface area contributed by atoms with E-state index in [9.17, 15) is 4.79 Å². The summed E-state index contributed by atoms with van der Waals surface area (Å²) in [4.78, 5) is 25.6. The molecule has 0 amide bonds. The molecular weight excluding hydrogens is 308 g/mol. The molecule has 6 heteroatoms. The molecular formula is C17H18N4OS. The van der Waals surface area contributed by atoms with Crippen molar-refractivity contribution in [3.63, 3.8) is 0 Å². The minimum atomic E-state index is -0.112. The fourth-order valence-electron chi connectivity index (χ4n) is 3.24. The Hall–Kier alpha value is -2.05. The van der Waals surface area contributed by atoms with Gasteiger partial charge in [-0.1, -0.05) is 6.07 Å². The van der Waals surface area contributed by atoms with Crippen LogP contribution in [0, 0.1) is 0 Å². The van der Waals surface area contributed by atoms with Crippen LogP contribution in [0.5, 0.6) is 0 Å². The van der Waals surface area contributed by atoms with E-state index in [1.54, 1.807) is 11.3 Å². The second-order valence-electron chi connectivity index (χ2n) is 5.96. The van der Waals surface area contributed by atoms with E-state index >= 15 is 0 Å². The molecule has 1 atom stereocenters. The Labute approximate surface area is 138 Å². The summed E-state index contributed by atoms with van der Waals surface area (Å²) in [5, 5.41) is 0. The molecule has 1 aliphatic rings. The van der Waals surface area contributed by atoms with E-state index in [1.165, 1.54) is 16.5 Å². The molecule has 5 nitrogen and oxygen atoms in total. The van der Waals surface area contributed by atoms with Gasteiger partial charge in [-0.2, -0.15) is 0 Å². The molecule has 0 radical (unpaired) electrons. The molecule has 23 heavy (non-hydrogen) atoms. The molecule has 3 aromatic rings. The van der Waals surface area contributed by atoms with Crippen LogP contribution >= 0.6 is 11.3 Å². The van der Waals surface area contributed by atoms with Gasteiger partial charge in [-0.15, -0.1) is 11.3 Å². The summed E-state index contributed by atoms with van der Waals surface area (Å²) in [5.41, 5.74) is 6.15. The molecule has 4 rings (SSSR count). The summed E-state index contributed by atoms with van der Waals surface area (Å²) < 4.78 is 1.23. The Morgan fingerprint density at radius 2 is 2.13 bits per heavy atom. The Morgan fingerprint density at radius 3 is 3.04 bits per heavy atom. The lowest BCUT2D eigenvalue weighted by atomic mass is 10.1. The molecule has 1 N–H and O–H groups in total. The van der Waals surface area contributed by atoms with Crippen LogP contribution in [-0.4, -0.2) is 32.9 Å². The summed E-state index contributed by atoms with van der Waals surface area (Å²) in [6.07, 6.45) is 3.09. The summed E-state index contributed by atoms with van der Waals surface area (Å²) >= 11 is 1.67. The van der Waals surface area contributed by atoms with Gasteiger partial charge in [-0.3, -0.25) is 14.7 Å². The van der Waals surface area contributed by atoms with Crippen molar-refractivity contribution in [3.8, 4) is 0 Å². The van der Waals surface area contributed by atoms with Gasteiger partial charge >= 0.3 is 0 Å². The molecule has 1 aliphatic heterocycles. The zero-order valence-corrected chi connectivity index (χ0v) is 13.8. The SMILES string of the molecule is C[C@@H](c1ccc2scnc2c1)N1CCc2ncc(=O)[nH]c2CC1. The second-order valence-corrected chi connectivity index (χ2v) is 6.85. The summed E-state index contributed by atoms with van der Waals surface area (Å²) in [7, 11) is 0.